The van der Waals surface area contributed by atoms with Gasteiger partial charge in [-0.2, -0.15) is 5.10 Å². The minimum atomic E-state index is -0.372. The number of carbonyl (C=O) groups excluding carboxylic acids is 1. The van der Waals surface area contributed by atoms with E-state index in [0.29, 0.717) is 36.2 Å². The zero-order chi connectivity index (χ0) is 20.2. The quantitative estimate of drug-likeness (QED) is 0.366. The molecule has 0 heterocycles. The fourth-order valence-electron chi connectivity index (χ4n) is 2.17. The SMILES string of the molecule is C=CCOc1ccc(/C=N\NC(=O)COc2ccc(OC)cc2)cc1OCC. The van der Waals surface area contributed by atoms with Crippen molar-refractivity contribution in [2.75, 3.05) is 26.9 Å². The van der Waals surface area contributed by atoms with E-state index in [1.165, 1.54) is 6.21 Å². The largest absolute Gasteiger partial charge is 0.497 e. The number of methoxy groups -OCH3 is 1. The van der Waals surface area contributed by atoms with Gasteiger partial charge in [0.15, 0.2) is 18.1 Å². The number of hydrazone groups is 1. The lowest BCUT2D eigenvalue weighted by molar-refractivity contribution is -0.123. The molecule has 2 aromatic carbocycles. The summed E-state index contributed by atoms with van der Waals surface area (Å²) in [7, 11) is 1.58. The molecular weight excluding hydrogens is 360 g/mol. The number of hydrogen-bond acceptors (Lipinski definition) is 6. The molecule has 0 atom stereocenters. The Morgan fingerprint density at radius 1 is 1.07 bits per heavy atom. The molecular formula is C21H24N2O5. The van der Waals surface area contributed by atoms with Crippen LogP contribution in [0.5, 0.6) is 23.0 Å². The maximum atomic E-state index is 11.8. The Balaban J connectivity index is 1.87. The Kier molecular flexibility index (Phi) is 8.39. The molecule has 2 rings (SSSR count). The predicted octanol–water partition coefficient (Wildman–Crippen LogP) is 3.19. The zero-order valence-electron chi connectivity index (χ0n) is 16.0. The molecule has 0 saturated carbocycles. The molecule has 7 nitrogen and oxygen atoms in total. The molecule has 2 aromatic rings. The number of carbonyl (C=O) groups is 1. The summed E-state index contributed by atoms with van der Waals surface area (Å²) in [5, 5.41) is 3.94. The van der Waals surface area contributed by atoms with Crippen LogP contribution in [0.15, 0.2) is 60.2 Å². The number of ether oxygens (including phenoxy) is 4. The van der Waals surface area contributed by atoms with Gasteiger partial charge in [-0.3, -0.25) is 4.79 Å². The van der Waals surface area contributed by atoms with Gasteiger partial charge in [-0.1, -0.05) is 12.7 Å². The lowest BCUT2D eigenvalue weighted by Crippen LogP contribution is -2.24. The molecule has 1 amide bonds. The predicted molar refractivity (Wildman–Crippen MR) is 108 cm³/mol. The van der Waals surface area contributed by atoms with Gasteiger partial charge in [0, 0.05) is 0 Å². The number of nitrogens with one attached hydrogen (secondary N) is 1. The third-order valence-corrected chi connectivity index (χ3v) is 3.46. The summed E-state index contributed by atoms with van der Waals surface area (Å²) in [6, 6.07) is 12.3. The number of rotatable bonds is 11. The third kappa shape index (κ3) is 6.68. The molecule has 0 aliphatic heterocycles. The lowest BCUT2D eigenvalue weighted by Gasteiger charge is -2.11. The number of hydrogen-bond donors (Lipinski definition) is 1. The van der Waals surface area contributed by atoms with E-state index in [0.717, 1.165) is 5.56 Å². The summed E-state index contributed by atoms with van der Waals surface area (Å²) in [6.45, 7) is 6.26. The van der Waals surface area contributed by atoms with Crippen molar-refractivity contribution >= 4 is 12.1 Å². The standard InChI is InChI=1S/C21H24N2O5/c1-4-12-27-19-11-6-16(13-20(19)26-5-2)14-22-23-21(24)15-28-18-9-7-17(25-3)8-10-18/h4,6-11,13-14H,1,5,12,15H2,2-3H3,(H,23,24)/b22-14-. The molecule has 0 aliphatic carbocycles. The summed E-state index contributed by atoms with van der Waals surface area (Å²) >= 11 is 0. The normalized spacial score (nSPS) is 10.4. The van der Waals surface area contributed by atoms with Crippen molar-refractivity contribution in [2.24, 2.45) is 5.10 Å². The highest BCUT2D eigenvalue weighted by Crippen LogP contribution is 2.28. The van der Waals surface area contributed by atoms with E-state index >= 15 is 0 Å². The highest BCUT2D eigenvalue weighted by Gasteiger charge is 2.06. The molecule has 0 saturated heterocycles. The van der Waals surface area contributed by atoms with E-state index in [9.17, 15) is 4.79 Å². The maximum Gasteiger partial charge on any atom is 0.277 e. The Morgan fingerprint density at radius 2 is 1.82 bits per heavy atom. The highest BCUT2D eigenvalue weighted by molar-refractivity contribution is 5.83. The van der Waals surface area contributed by atoms with Crippen molar-refractivity contribution in [1.82, 2.24) is 5.43 Å². The lowest BCUT2D eigenvalue weighted by atomic mass is 10.2. The van der Waals surface area contributed by atoms with E-state index in [4.69, 9.17) is 18.9 Å². The first-order chi connectivity index (χ1) is 13.7. The Labute approximate surface area is 164 Å². The van der Waals surface area contributed by atoms with Gasteiger partial charge in [0.2, 0.25) is 0 Å². The second-order valence-corrected chi connectivity index (χ2v) is 5.50. The van der Waals surface area contributed by atoms with Crippen molar-refractivity contribution in [2.45, 2.75) is 6.92 Å². The van der Waals surface area contributed by atoms with Crippen LogP contribution in [-0.2, 0) is 4.79 Å². The topological polar surface area (TPSA) is 78.4 Å². The first-order valence-electron chi connectivity index (χ1n) is 8.75. The maximum absolute atomic E-state index is 11.8. The monoisotopic (exact) mass is 384 g/mol. The van der Waals surface area contributed by atoms with Crippen LogP contribution in [0, 0.1) is 0 Å². The molecule has 7 heteroatoms. The molecule has 1 N–H and O–H groups in total. The smallest absolute Gasteiger partial charge is 0.277 e. The van der Waals surface area contributed by atoms with Gasteiger partial charge in [-0.25, -0.2) is 5.43 Å². The van der Waals surface area contributed by atoms with Gasteiger partial charge < -0.3 is 18.9 Å². The van der Waals surface area contributed by atoms with Gasteiger partial charge in [0.05, 0.1) is 19.9 Å². The molecule has 0 spiro atoms. The van der Waals surface area contributed by atoms with Crippen molar-refractivity contribution < 1.29 is 23.7 Å². The first kappa shape index (κ1) is 20.8. The summed E-state index contributed by atoms with van der Waals surface area (Å²) in [6.07, 6.45) is 3.18. The molecule has 148 valence electrons. The summed E-state index contributed by atoms with van der Waals surface area (Å²) < 4.78 is 21.6. The van der Waals surface area contributed by atoms with Gasteiger partial charge in [0.25, 0.3) is 5.91 Å². The minimum Gasteiger partial charge on any atom is -0.497 e. The summed E-state index contributed by atoms with van der Waals surface area (Å²) in [4.78, 5) is 11.8. The Hall–Kier alpha value is -3.48. The number of nitrogens with zero attached hydrogens (tertiary/aromatic N) is 1. The van der Waals surface area contributed by atoms with Crippen molar-refractivity contribution in [1.29, 1.82) is 0 Å². The highest BCUT2D eigenvalue weighted by atomic mass is 16.5. The summed E-state index contributed by atoms with van der Waals surface area (Å²) in [5.74, 6) is 2.13. The van der Waals surface area contributed by atoms with E-state index < -0.39 is 0 Å². The first-order valence-corrected chi connectivity index (χ1v) is 8.75. The van der Waals surface area contributed by atoms with Gasteiger partial charge >= 0.3 is 0 Å². The molecule has 0 aliphatic rings. The van der Waals surface area contributed by atoms with Crippen LogP contribution in [0.4, 0.5) is 0 Å². The minimum absolute atomic E-state index is 0.151. The van der Waals surface area contributed by atoms with Gasteiger partial charge in [-0.15, -0.1) is 0 Å². The summed E-state index contributed by atoms with van der Waals surface area (Å²) in [5.41, 5.74) is 3.18. The number of benzene rings is 2. The van der Waals surface area contributed by atoms with Crippen LogP contribution in [0.3, 0.4) is 0 Å². The Morgan fingerprint density at radius 3 is 2.50 bits per heavy atom. The van der Waals surface area contributed by atoms with E-state index in [1.807, 2.05) is 13.0 Å². The molecule has 0 unspecified atom stereocenters. The average molecular weight is 384 g/mol. The second-order valence-electron chi connectivity index (χ2n) is 5.50. The van der Waals surface area contributed by atoms with E-state index in [1.54, 1.807) is 49.6 Å². The van der Waals surface area contributed by atoms with Crippen LogP contribution in [0.1, 0.15) is 12.5 Å². The fourth-order valence-corrected chi connectivity index (χ4v) is 2.17. The fraction of sp³-hybridized carbons (Fsp3) is 0.238. The molecule has 0 radical (unpaired) electrons. The van der Waals surface area contributed by atoms with E-state index in [-0.39, 0.29) is 12.5 Å². The van der Waals surface area contributed by atoms with Gasteiger partial charge in [-0.05, 0) is 55.0 Å². The third-order valence-electron chi connectivity index (χ3n) is 3.46. The zero-order valence-corrected chi connectivity index (χ0v) is 16.0. The van der Waals surface area contributed by atoms with Crippen LogP contribution in [0.25, 0.3) is 0 Å². The van der Waals surface area contributed by atoms with Crippen molar-refractivity contribution in [3.05, 3.63) is 60.7 Å². The average Bonchev–Trinajstić information content (AvgIpc) is 2.72. The van der Waals surface area contributed by atoms with Crippen LogP contribution >= 0.6 is 0 Å². The number of amides is 1. The molecule has 28 heavy (non-hydrogen) atoms. The Bertz CT molecular complexity index is 803. The molecule has 0 aromatic heterocycles. The van der Waals surface area contributed by atoms with Crippen molar-refractivity contribution in [3.63, 3.8) is 0 Å². The van der Waals surface area contributed by atoms with Crippen LogP contribution < -0.4 is 24.4 Å². The molecule has 0 fully saturated rings. The van der Waals surface area contributed by atoms with Crippen LogP contribution in [-0.4, -0.2) is 39.1 Å². The van der Waals surface area contributed by atoms with E-state index in [2.05, 4.69) is 17.1 Å². The second kappa shape index (κ2) is 11.3. The van der Waals surface area contributed by atoms with Crippen LogP contribution in [0.2, 0.25) is 0 Å². The van der Waals surface area contributed by atoms with Gasteiger partial charge in [0.1, 0.15) is 18.1 Å². The van der Waals surface area contributed by atoms with Crippen molar-refractivity contribution in [3.8, 4) is 23.0 Å². The molecule has 0 bridgehead atoms.